The summed E-state index contributed by atoms with van der Waals surface area (Å²) in [4.78, 5) is 10.8. The summed E-state index contributed by atoms with van der Waals surface area (Å²) in [7, 11) is 0. The smallest absolute Gasteiger partial charge is 0.369 e. The molecule has 0 saturated carbocycles. The molecule has 17 heavy (non-hydrogen) atoms. The Kier molecular flexibility index (Phi) is 4.57. The van der Waals surface area contributed by atoms with Crippen molar-refractivity contribution in [2.24, 2.45) is 5.73 Å². The van der Waals surface area contributed by atoms with Gasteiger partial charge >= 0.3 is 6.18 Å². The maximum atomic E-state index is 11.9. The van der Waals surface area contributed by atoms with E-state index in [1.165, 1.54) is 0 Å². The first-order valence-corrected chi connectivity index (χ1v) is 6.07. The molecule has 0 aliphatic rings. The highest BCUT2D eigenvalue weighted by Gasteiger charge is 2.27. The van der Waals surface area contributed by atoms with Gasteiger partial charge in [0.1, 0.15) is 6.54 Å². The summed E-state index contributed by atoms with van der Waals surface area (Å²) in [5.41, 5.74) is 5.04. The van der Waals surface area contributed by atoms with Crippen LogP contribution in [0.2, 0.25) is 0 Å². The normalized spacial score (nSPS) is 13.4. The van der Waals surface area contributed by atoms with Crippen molar-refractivity contribution in [2.75, 3.05) is 11.9 Å². The minimum Gasteiger partial charge on any atom is -0.369 e. The summed E-state index contributed by atoms with van der Waals surface area (Å²) < 4.78 is 36.1. The number of carbonyl (C=O) groups excluding carboxylic acids is 1. The molecule has 96 valence electrons. The minimum absolute atomic E-state index is 0.0569. The molecule has 0 aromatic carbocycles. The molecule has 3 N–H and O–H groups in total. The number of hydrogen-bond donors (Lipinski definition) is 2. The standard InChI is InChI=1S/C7H9F3N4OS2/c1-3(4(11)15)16-6-14-13-5(17-6)12-2-7(8,9)10/h3H,2H2,1H3,(H2,11,15)(H,12,13)/t3-/m0/s1. The van der Waals surface area contributed by atoms with Crippen molar-refractivity contribution < 1.29 is 18.0 Å². The van der Waals surface area contributed by atoms with Gasteiger partial charge in [-0.05, 0) is 6.92 Å². The molecule has 1 atom stereocenters. The topological polar surface area (TPSA) is 80.9 Å². The second kappa shape index (κ2) is 5.54. The number of nitrogens with zero attached hydrogens (tertiary/aromatic N) is 2. The van der Waals surface area contributed by atoms with Crippen LogP contribution in [0.25, 0.3) is 0 Å². The van der Waals surface area contributed by atoms with Gasteiger partial charge in [-0.15, -0.1) is 10.2 Å². The lowest BCUT2D eigenvalue weighted by Gasteiger charge is -2.05. The van der Waals surface area contributed by atoms with Gasteiger partial charge in [0.25, 0.3) is 0 Å². The lowest BCUT2D eigenvalue weighted by atomic mass is 10.5. The maximum Gasteiger partial charge on any atom is 0.405 e. The van der Waals surface area contributed by atoms with E-state index in [9.17, 15) is 18.0 Å². The van der Waals surface area contributed by atoms with E-state index in [0.29, 0.717) is 4.34 Å². The van der Waals surface area contributed by atoms with Crippen LogP contribution in [0.1, 0.15) is 6.92 Å². The van der Waals surface area contributed by atoms with Gasteiger partial charge in [-0.2, -0.15) is 13.2 Å². The van der Waals surface area contributed by atoms with Crippen molar-refractivity contribution in [1.82, 2.24) is 10.2 Å². The molecule has 0 spiro atoms. The van der Waals surface area contributed by atoms with Crippen molar-refractivity contribution in [3.63, 3.8) is 0 Å². The zero-order valence-corrected chi connectivity index (χ0v) is 10.2. The van der Waals surface area contributed by atoms with Crippen LogP contribution in [-0.4, -0.2) is 34.1 Å². The van der Waals surface area contributed by atoms with Crippen LogP contribution in [0.5, 0.6) is 0 Å². The Morgan fingerprint density at radius 1 is 1.59 bits per heavy atom. The van der Waals surface area contributed by atoms with E-state index in [0.717, 1.165) is 23.1 Å². The third-order valence-corrected chi connectivity index (χ3v) is 3.61. The summed E-state index contributed by atoms with van der Waals surface area (Å²) in [6.07, 6.45) is -4.31. The molecule has 0 aliphatic carbocycles. The molecule has 0 unspecified atom stereocenters. The number of hydrogen-bond acceptors (Lipinski definition) is 6. The summed E-state index contributed by atoms with van der Waals surface area (Å²) in [6.45, 7) is 0.412. The lowest BCUT2D eigenvalue weighted by Crippen LogP contribution is -2.22. The van der Waals surface area contributed by atoms with Crippen molar-refractivity contribution >= 4 is 34.1 Å². The van der Waals surface area contributed by atoms with Crippen LogP contribution in [0.15, 0.2) is 4.34 Å². The first-order chi connectivity index (χ1) is 7.78. The number of aromatic nitrogens is 2. The highest BCUT2D eigenvalue weighted by atomic mass is 32.2. The molecule has 0 saturated heterocycles. The van der Waals surface area contributed by atoms with Gasteiger partial charge < -0.3 is 11.1 Å². The Morgan fingerprint density at radius 3 is 2.76 bits per heavy atom. The quantitative estimate of drug-likeness (QED) is 0.801. The van der Waals surface area contributed by atoms with Gasteiger partial charge in [0.2, 0.25) is 11.0 Å². The van der Waals surface area contributed by atoms with Crippen LogP contribution in [0.3, 0.4) is 0 Å². The number of anilines is 1. The summed E-state index contributed by atoms with van der Waals surface area (Å²) in [5, 5.41) is 8.80. The molecule has 0 fully saturated rings. The van der Waals surface area contributed by atoms with Crippen molar-refractivity contribution in [3.05, 3.63) is 0 Å². The Balaban J connectivity index is 2.51. The van der Waals surface area contributed by atoms with Crippen LogP contribution >= 0.6 is 23.1 Å². The predicted molar refractivity (Wildman–Crippen MR) is 59.0 cm³/mol. The second-order valence-electron chi connectivity index (χ2n) is 3.00. The fourth-order valence-corrected chi connectivity index (χ4v) is 2.56. The Labute approximate surface area is 103 Å². The highest BCUT2D eigenvalue weighted by Crippen LogP contribution is 2.29. The molecule has 0 aliphatic heterocycles. The molecular formula is C7H9F3N4OS2. The summed E-state index contributed by atoms with van der Waals surface area (Å²) >= 11 is 2.00. The van der Waals surface area contributed by atoms with Gasteiger partial charge in [0.05, 0.1) is 5.25 Å². The van der Waals surface area contributed by atoms with E-state index in [2.05, 4.69) is 15.5 Å². The molecular weight excluding hydrogens is 277 g/mol. The molecule has 1 heterocycles. The van der Waals surface area contributed by atoms with Gasteiger partial charge in [-0.25, -0.2) is 0 Å². The molecule has 1 amide bonds. The van der Waals surface area contributed by atoms with Gasteiger partial charge in [-0.1, -0.05) is 23.1 Å². The van der Waals surface area contributed by atoms with Crippen molar-refractivity contribution in [1.29, 1.82) is 0 Å². The Hall–Kier alpha value is -1.03. The average molecular weight is 286 g/mol. The number of primary amides is 1. The van der Waals surface area contributed by atoms with E-state index >= 15 is 0 Å². The van der Waals surface area contributed by atoms with Crippen LogP contribution in [-0.2, 0) is 4.79 Å². The molecule has 1 rings (SSSR count). The van der Waals surface area contributed by atoms with Crippen LogP contribution in [0, 0.1) is 0 Å². The number of thioether (sulfide) groups is 1. The maximum absolute atomic E-state index is 11.9. The van der Waals surface area contributed by atoms with E-state index in [1.54, 1.807) is 6.92 Å². The van der Waals surface area contributed by atoms with Gasteiger partial charge in [0.15, 0.2) is 4.34 Å². The zero-order valence-electron chi connectivity index (χ0n) is 8.61. The number of halogens is 3. The van der Waals surface area contributed by atoms with Crippen molar-refractivity contribution in [2.45, 2.75) is 22.7 Å². The van der Waals surface area contributed by atoms with E-state index in [4.69, 9.17) is 5.73 Å². The van der Waals surface area contributed by atoms with Gasteiger partial charge in [0, 0.05) is 0 Å². The monoisotopic (exact) mass is 286 g/mol. The first-order valence-electron chi connectivity index (χ1n) is 4.38. The number of carbonyl (C=O) groups is 1. The number of nitrogens with one attached hydrogen (secondary N) is 1. The summed E-state index contributed by atoms with van der Waals surface area (Å²) in [6, 6.07) is 0. The van der Waals surface area contributed by atoms with Crippen LogP contribution in [0.4, 0.5) is 18.3 Å². The summed E-state index contributed by atoms with van der Waals surface area (Å²) in [5.74, 6) is -0.519. The number of rotatable bonds is 5. The third-order valence-electron chi connectivity index (χ3n) is 1.52. The Morgan fingerprint density at radius 2 is 2.24 bits per heavy atom. The van der Waals surface area contributed by atoms with Crippen molar-refractivity contribution in [3.8, 4) is 0 Å². The van der Waals surface area contributed by atoms with Crippen LogP contribution < -0.4 is 11.1 Å². The largest absolute Gasteiger partial charge is 0.405 e. The lowest BCUT2D eigenvalue weighted by molar-refractivity contribution is -0.117. The average Bonchev–Trinajstić information content (AvgIpc) is 2.61. The van der Waals surface area contributed by atoms with E-state index in [-0.39, 0.29) is 5.13 Å². The van der Waals surface area contributed by atoms with E-state index < -0.39 is 23.9 Å². The molecule has 0 radical (unpaired) electrons. The fraction of sp³-hybridized carbons (Fsp3) is 0.571. The van der Waals surface area contributed by atoms with Gasteiger partial charge in [-0.3, -0.25) is 4.79 Å². The first kappa shape index (κ1) is 14.0. The zero-order chi connectivity index (χ0) is 13.1. The molecule has 5 nitrogen and oxygen atoms in total. The second-order valence-corrected chi connectivity index (χ2v) is 5.57. The highest BCUT2D eigenvalue weighted by molar-refractivity contribution is 8.02. The third kappa shape index (κ3) is 5.22. The molecule has 10 heteroatoms. The fourth-order valence-electron chi connectivity index (χ4n) is 0.714. The van der Waals surface area contributed by atoms with E-state index in [1.807, 2.05) is 0 Å². The minimum atomic E-state index is -4.31. The molecule has 0 bridgehead atoms. The molecule has 1 aromatic rings. The predicted octanol–water partition coefficient (Wildman–Crippen LogP) is 1.48. The SMILES string of the molecule is C[C@H](Sc1nnc(NCC(F)(F)F)s1)C(N)=O. The Bertz CT molecular complexity index is 395. The number of amides is 1. The number of alkyl halides is 3. The number of nitrogens with two attached hydrogens (primary N) is 1. The molecule has 1 aromatic heterocycles.